The minimum atomic E-state index is -1.76. The zero-order valence-corrected chi connectivity index (χ0v) is 8.27. The molecule has 3 nitrogen and oxygen atoms in total. The number of benzene rings is 1. The van der Waals surface area contributed by atoms with Gasteiger partial charge in [0.25, 0.3) is 0 Å². The molecule has 1 atom stereocenters. The fourth-order valence-electron chi connectivity index (χ4n) is 1.92. The Labute approximate surface area is 87.7 Å². The molecule has 0 heterocycles. The highest BCUT2D eigenvalue weighted by Crippen LogP contribution is 2.29. The fourth-order valence-corrected chi connectivity index (χ4v) is 1.92. The highest BCUT2D eigenvalue weighted by molar-refractivity contribution is 6.18. The van der Waals surface area contributed by atoms with Gasteiger partial charge in [0, 0.05) is 12.0 Å². The zero-order chi connectivity index (χ0) is 10.9. The van der Waals surface area contributed by atoms with Crippen LogP contribution >= 0.6 is 0 Å². The number of carbonyl (C=O) groups is 2. The van der Waals surface area contributed by atoms with Crippen LogP contribution in [-0.4, -0.2) is 22.3 Å². The molecule has 0 aliphatic heterocycles. The van der Waals surface area contributed by atoms with Gasteiger partial charge in [-0.15, -0.1) is 0 Å². The van der Waals surface area contributed by atoms with Crippen molar-refractivity contribution in [3.05, 3.63) is 35.9 Å². The number of rotatable bonds is 2. The first-order valence-corrected chi connectivity index (χ1v) is 5.00. The highest BCUT2D eigenvalue weighted by atomic mass is 16.3. The van der Waals surface area contributed by atoms with Crippen molar-refractivity contribution < 1.29 is 14.7 Å². The molecule has 1 saturated carbocycles. The van der Waals surface area contributed by atoms with Gasteiger partial charge in [0.05, 0.1) is 0 Å². The van der Waals surface area contributed by atoms with Crippen LogP contribution < -0.4 is 0 Å². The van der Waals surface area contributed by atoms with Crippen molar-refractivity contribution in [1.82, 2.24) is 0 Å². The monoisotopic (exact) mass is 204 g/mol. The molecule has 0 aromatic heterocycles. The Morgan fingerprint density at radius 1 is 1.27 bits per heavy atom. The molecule has 1 aromatic carbocycles. The Kier molecular flexibility index (Phi) is 2.40. The van der Waals surface area contributed by atoms with Crippen LogP contribution in [0.3, 0.4) is 0 Å². The molecular formula is C12H12O3. The third kappa shape index (κ3) is 1.59. The van der Waals surface area contributed by atoms with Gasteiger partial charge >= 0.3 is 0 Å². The van der Waals surface area contributed by atoms with Gasteiger partial charge in [0.15, 0.2) is 11.4 Å². The Morgan fingerprint density at radius 2 is 1.93 bits per heavy atom. The van der Waals surface area contributed by atoms with E-state index in [9.17, 15) is 14.7 Å². The summed E-state index contributed by atoms with van der Waals surface area (Å²) in [6, 6.07) is 8.46. The summed E-state index contributed by atoms with van der Waals surface area (Å²) in [5.41, 5.74) is -1.36. The van der Waals surface area contributed by atoms with Crippen molar-refractivity contribution in [2.24, 2.45) is 0 Å². The predicted octanol–water partition coefficient (Wildman–Crippen LogP) is 1.35. The average Bonchev–Trinajstić information content (AvgIpc) is 2.61. The Morgan fingerprint density at radius 3 is 2.47 bits per heavy atom. The van der Waals surface area contributed by atoms with E-state index in [1.54, 1.807) is 30.3 Å². The quantitative estimate of drug-likeness (QED) is 0.584. The lowest BCUT2D eigenvalue weighted by Gasteiger charge is -2.18. The van der Waals surface area contributed by atoms with Crippen LogP contribution in [-0.2, 0) is 4.79 Å². The van der Waals surface area contributed by atoms with E-state index in [0.29, 0.717) is 18.4 Å². The topological polar surface area (TPSA) is 54.4 Å². The zero-order valence-electron chi connectivity index (χ0n) is 8.27. The average molecular weight is 204 g/mol. The van der Waals surface area contributed by atoms with Crippen LogP contribution in [0.15, 0.2) is 30.3 Å². The van der Waals surface area contributed by atoms with Crippen LogP contribution in [0.5, 0.6) is 0 Å². The Hall–Kier alpha value is -1.48. The van der Waals surface area contributed by atoms with Crippen molar-refractivity contribution in [3.8, 4) is 0 Å². The molecule has 3 heteroatoms. The number of aliphatic hydroxyl groups is 1. The van der Waals surface area contributed by atoms with Crippen LogP contribution in [0.4, 0.5) is 0 Å². The van der Waals surface area contributed by atoms with Crippen LogP contribution in [0.2, 0.25) is 0 Å². The SMILES string of the molecule is O=C1CCCC1(O)C(=O)c1ccccc1. The summed E-state index contributed by atoms with van der Waals surface area (Å²) in [6.07, 6.45) is 1.14. The second-order valence-electron chi connectivity index (χ2n) is 3.83. The summed E-state index contributed by atoms with van der Waals surface area (Å²) in [7, 11) is 0. The lowest BCUT2D eigenvalue weighted by molar-refractivity contribution is -0.129. The summed E-state index contributed by atoms with van der Waals surface area (Å²) >= 11 is 0. The van der Waals surface area contributed by atoms with Crippen molar-refractivity contribution in [1.29, 1.82) is 0 Å². The molecule has 78 valence electrons. The maximum absolute atomic E-state index is 11.9. The van der Waals surface area contributed by atoms with E-state index in [1.807, 2.05) is 0 Å². The molecule has 0 radical (unpaired) electrons. The first-order chi connectivity index (χ1) is 7.14. The first kappa shape index (κ1) is 10.1. The van der Waals surface area contributed by atoms with E-state index in [2.05, 4.69) is 0 Å². The van der Waals surface area contributed by atoms with Crippen molar-refractivity contribution in [2.45, 2.75) is 24.9 Å². The fraction of sp³-hybridized carbons (Fsp3) is 0.333. The van der Waals surface area contributed by atoms with Crippen LogP contribution in [0, 0.1) is 0 Å². The Balaban J connectivity index is 2.33. The van der Waals surface area contributed by atoms with Crippen molar-refractivity contribution in [2.75, 3.05) is 0 Å². The van der Waals surface area contributed by atoms with E-state index in [4.69, 9.17) is 0 Å². The number of hydrogen-bond acceptors (Lipinski definition) is 3. The molecule has 1 unspecified atom stereocenters. The molecule has 1 aliphatic carbocycles. The molecule has 1 aliphatic rings. The largest absolute Gasteiger partial charge is 0.374 e. The molecule has 0 bridgehead atoms. The molecule has 1 aromatic rings. The van der Waals surface area contributed by atoms with Gasteiger partial charge in [-0.05, 0) is 12.8 Å². The molecule has 0 saturated heterocycles. The minimum Gasteiger partial charge on any atom is -0.374 e. The number of Topliss-reactive ketones (excluding diaryl/α,β-unsaturated/α-hetero) is 2. The number of carbonyl (C=O) groups excluding carboxylic acids is 2. The van der Waals surface area contributed by atoms with Crippen molar-refractivity contribution >= 4 is 11.6 Å². The van der Waals surface area contributed by atoms with E-state index >= 15 is 0 Å². The van der Waals surface area contributed by atoms with Crippen LogP contribution in [0.25, 0.3) is 0 Å². The summed E-state index contributed by atoms with van der Waals surface area (Å²) in [4.78, 5) is 23.3. The summed E-state index contributed by atoms with van der Waals surface area (Å²) in [6.45, 7) is 0. The molecular weight excluding hydrogens is 192 g/mol. The summed E-state index contributed by atoms with van der Waals surface area (Å²) in [5, 5.41) is 9.98. The van der Waals surface area contributed by atoms with Gasteiger partial charge in [0.2, 0.25) is 5.78 Å². The van der Waals surface area contributed by atoms with E-state index in [1.165, 1.54) is 0 Å². The van der Waals surface area contributed by atoms with Gasteiger partial charge in [-0.1, -0.05) is 30.3 Å². The van der Waals surface area contributed by atoms with Gasteiger partial charge in [-0.3, -0.25) is 9.59 Å². The third-order valence-corrected chi connectivity index (χ3v) is 2.82. The molecule has 2 rings (SSSR count). The van der Waals surface area contributed by atoms with Crippen LogP contribution in [0.1, 0.15) is 29.6 Å². The lowest BCUT2D eigenvalue weighted by Crippen LogP contribution is -2.42. The number of hydrogen-bond donors (Lipinski definition) is 1. The van der Waals surface area contributed by atoms with E-state index in [0.717, 1.165) is 0 Å². The maximum Gasteiger partial charge on any atom is 0.201 e. The smallest absolute Gasteiger partial charge is 0.201 e. The summed E-state index contributed by atoms with van der Waals surface area (Å²) in [5.74, 6) is -0.818. The minimum absolute atomic E-state index is 0.250. The van der Waals surface area contributed by atoms with Gasteiger partial charge in [-0.25, -0.2) is 0 Å². The molecule has 15 heavy (non-hydrogen) atoms. The molecule has 1 N–H and O–H groups in total. The second kappa shape index (κ2) is 3.59. The first-order valence-electron chi connectivity index (χ1n) is 5.00. The molecule has 0 spiro atoms. The second-order valence-corrected chi connectivity index (χ2v) is 3.83. The maximum atomic E-state index is 11.9. The normalized spacial score (nSPS) is 25.5. The highest BCUT2D eigenvalue weighted by Gasteiger charge is 2.46. The van der Waals surface area contributed by atoms with E-state index in [-0.39, 0.29) is 12.2 Å². The lowest BCUT2D eigenvalue weighted by atomic mass is 9.91. The molecule has 1 fully saturated rings. The Bertz CT molecular complexity index is 397. The van der Waals surface area contributed by atoms with Gasteiger partial charge < -0.3 is 5.11 Å². The van der Waals surface area contributed by atoms with Crippen molar-refractivity contribution in [3.63, 3.8) is 0 Å². The predicted molar refractivity (Wildman–Crippen MR) is 54.6 cm³/mol. The molecule has 0 amide bonds. The summed E-state index contributed by atoms with van der Waals surface area (Å²) < 4.78 is 0. The van der Waals surface area contributed by atoms with E-state index < -0.39 is 11.4 Å². The van der Waals surface area contributed by atoms with Gasteiger partial charge in [-0.2, -0.15) is 0 Å². The third-order valence-electron chi connectivity index (χ3n) is 2.82. The number of ketones is 2. The standard InChI is InChI=1S/C12H12O3/c13-10-7-4-8-12(10,15)11(14)9-5-2-1-3-6-9/h1-3,5-6,15H,4,7-8H2. The van der Waals surface area contributed by atoms with Gasteiger partial charge in [0.1, 0.15) is 0 Å².